The molecule has 1 amide bonds. The second-order valence-electron chi connectivity index (χ2n) is 7.32. The molecule has 0 heterocycles. The van der Waals surface area contributed by atoms with Crippen molar-refractivity contribution in [2.75, 3.05) is 0 Å². The number of hydrogen-bond acceptors (Lipinski definition) is 4. The number of rotatable bonds is 6. The number of nitrogens with zero attached hydrogens (tertiary/aromatic N) is 1. The van der Waals surface area contributed by atoms with Crippen LogP contribution < -0.4 is 5.32 Å². The maximum absolute atomic E-state index is 12.4. The van der Waals surface area contributed by atoms with E-state index < -0.39 is 22.8 Å². The number of benzene rings is 2. The lowest BCUT2D eigenvalue weighted by Gasteiger charge is -2.19. The van der Waals surface area contributed by atoms with Crippen molar-refractivity contribution in [3.8, 4) is 0 Å². The molecule has 2 aromatic carbocycles. The number of amides is 1. The number of aliphatic carboxylic acids is 1. The largest absolute Gasteiger partial charge is 0.480 e. The summed E-state index contributed by atoms with van der Waals surface area (Å²) >= 11 is 0. The summed E-state index contributed by atoms with van der Waals surface area (Å²) in [5, 5.41) is 22.6. The van der Waals surface area contributed by atoms with Crippen molar-refractivity contribution in [2.45, 2.75) is 38.6 Å². The molecule has 0 aliphatic heterocycles. The van der Waals surface area contributed by atoms with Crippen molar-refractivity contribution < 1.29 is 19.6 Å². The molecular formula is C20H22N2O5. The van der Waals surface area contributed by atoms with Gasteiger partial charge in [-0.25, -0.2) is 4.79 Å². The third-order valence-electron chi connectivity index (χ3n) is 4.20. The second kappa shape index (κ2) is 7.99. The van der Waals surface area contributed by atoms with Gasteiger partial charge in [-0.2, -0.15) is 0 Å². The summed E-state index contributed by atoms with van der Waals surface area (Å²) in [4.78, 5) is 34.1. The molecule has 0 saturated heterocycles. The van der Waals surface area contributed by atoms with Gasteiger partial charge in [-0.15, -0.1) is 0 Å². The molecule has 2 aromatic rings. The van der Waals surface area contributed by atoms with Gasteiger partial charge >= 0.3 is 5.97 Å². The van der Waals surface area contributed by atoms with Gasteiger partial charge in [0.15, 0.2) is 0 Å². The average Bonchev–Trinajstić information content (AvgIpc) is 2.60. The van der Waals surface area contributed by atoms with Gasteiger partial charge in [-0.05, 0) is 28.7 Å². The number of carboxylic acid groups (broad SMARTS) is 1. The van der Waals surface area contributed by atoms with Crippen LogP contribution in [0.1, 0.15) is 42.3 Å². The van der Waals surface area contributed by atoms with Crippen LogP contribution in [0.3, 0.4) is 0 Å². The van der Waals surface area contributed by atoms with Crippen molar-refractivity contribution in [2.24, 2.45) is 0 Å². The highest BCUT2D eigenvalue weighted by molar-refractivity contribution is 5.96. The lowest BCUT2D eigenvalue weighted by Crippen LogP contribution is -2.42. The fourth-order valence-corrected chi connectivity index (χ4v) is 2.55. The van der Waals surface area contributed by atoms with E-state index in [0.29, 0.717) is 11.1 Å². The molecule has 2 N–H and O–H groups in total. The highest BCUT2D eigenvalue weighted by Gasteiger charge is 2.22. The van der Waals surface area contributed by atoms with Crippen LogP contribution in [-0.4, -0.2) is 27.9 Å². The summed E-state index contributed by atoms with van der Waals surface area (Å²) in [6, 6.07) is 11.5. The minimum Gasteiger partial charge on any atom is -0.480 e. The van der Waals surface area contributed by atoms with Crippen molar-refractivity contribution >= 4 is 17.6 Å². The Kier molecular flexibility index (Phi) is 5.95. The SMILES string of the molecule is CC(C)(C)c1ccc(C(=O)N[C@@H](Cc2ccc([N+](=O)[O-])cc2)C(=O)O)cc1. The highest BCUT2D eigenvalue weighted by atomic mass is 16.6. The molecule has 0 aromatic heterocycles. The Balaban J connectivity index is 2.10. The summed E-state index contributed by atoms with van der Waals surface area (Å²) in [6.07, 6.45) is 0.0269. The van der Waals surface area contributed by atoms with Crippen molar-refractivity contribution in [1.29, 1.82) is 0 Å². The minimum absolute atomic E-state index is 0.0269. The topological polar surface area (TPSA) is 110 Å². The monoisotopic (exact) mass is 370 g/mol. The molecular weight excluding hydrogens is 348 g/mol. The van der Waals surface area contributed by atoms with Crippen LogP contribution in [0.2, 0.25) is 0 Å². The number of nitro benzene ring substituents is 1. The van der Waals surface area contributed by atoms with E-state index in [1.165, 1.54) is 24.3 Å². The van der Waals surface area contributed by atoms with E-state index in [1.807, 2.05) is 12.1 Å². The molecule has 0 unspecified atom stereocenters. The fraction of sp³-hybridized carbons (Fsp3) is 0.300. The summed E-state index contributed by atoms with van der Waals surface area (Å²) in [6.45, 7) is 6.19. The maximum Gasteiger partial charge on any atom is 0.326 e. The Hall–Kier alpha value is -3.22. The van der Waals surface area contributed by atoms with Gasteiger partial charge in [0.1, 0.15) is 6.04 Å². The molecule has 0 fully saturated rings. The molecule has 27 heavy (non-hydrogen) atoms. The van der Waals surface area contributed by atoms with Gasteiger partial charge in [0.2, 0.25) is 0 Å². The number of non-ortho nitro benzene ring substituents is 1. The normalized spacial score (nSPS) is 12.3. The molecule has 0 aliphatic carbocycles. The van der Waals surface area contributed by atoms with Crippen LogP contribution in [-0.2, 0) is 16.6 Å². The Labute approximate surface area is 157 Å². The van der Waals surface area contributed by atoms with Gasteiger partial charge in [-0.3, -0.25) is 14.9 Å². The van der Waals surface area contributed by atoms with Gasteiger partial charge in [0, 0.05) is 24.1 Å². The van der Waals surface area contributed by atoms with Crippen molar-refractivity contribution in [3.05, 3.63) is 75.3 Å². The quantitative estimate of drug-likeness (QED) is 0.599. The number of carbonyl (C=O) groups excluding carboxylic acids is 1. The second-order valence-corrected chi connectivity index (χ2v) is 7.32. The Morgan fingerprint density at radius 1 is 1.07 bits per heavy atom. The van der Waals surface area contributed by atoms with Gasteiger partial charge in [0.25, 0.3) is 11.6 Å². The first-order valence-electron chi connectivity index (χ1n) is 8.45. The Bertz CT molecular complexity index is 836. The van der Waals surface area contributed by atoms with E-state index in [9.17, 15) is 24.8 Å². The van der Waals surface area contributed by atoms with Gasteiger partial charge in [-0.1, -0.05) is 45.0 Å². The molecule has 7 heteroatoms. The average molecular weight is 370 g/mol. The van der Waals surface area contributed by atoms with Gasteiger partial charge in [0.05, 0.1) is 4.92 Å². The van der Waals surface area contributed by atoms with Crippen LogP contribution in [0.5, 0.6) is 0 Å². The van der Waals surface area contributed by atoms with Gasteiger partial charge < -0.3 is 10.4 Å². The van der Waals surface area contributed by atoms with E-state index in [4.69, 9.17) is 0 Å². The van der Waals surface area contributed by atoms with Crippen molar-refractivity contribution in [3.63, 3.8) is 0 Å². The van der Waals surface area contributed by atoms with Crippen LogP contribution >= 0.6 is 0 Å². The zero-order chi connectivity index (χ0) is 20.2. The third kappa shape index (κ3) is 5.37. The number of hydrogen-bond donors (Lipinski definition) is 2. The lowest BCUT2D eigenvalue weighted by molar-refractivity contribution is -0.384. The molecule has 7 nitrogen and oxygen atoms in total. The Morgan fingerprint density at radius 2 is 1.63 bits per heavy atom. The minimum atomic E-state index is -1.17. The number of nitro groups is 1. The van der Waals surface area contributed by atoms with Crippen LogP contribution in [0, 0.1) is 10.1 Å². The van der Waals surface area contributed by atoms with Crippen LogP contribution in [0.25, 0.3) is 0 Å². The maximum atomic E-state index is 12.4. The zero-order valence-electron chi connectivity index (χ0n) is 15.4. The smallest absolute Gasteiger partial charge is 0.326 e. The predicted molar refractivity (Wildman–Crippen MR) is 101 cm³/mol. The van der Waals surface area contributed by atoms with E-state index in [1.54, 1.807) is 12.1 Å². The summed E-state index contributed by atoms with van der Waals surface area (Å²) in [7, 11) is 0. The van der Waals surface area contributed by atoms with E-state index in [2.05, 4.69) is 26.1 Å². The third-order valence-corrected chi connectivity index (χ3v) is 4.20. The predicted octanol–water partition coefficient (Wildman–Crippen LogP) is 3.32. The molecule has 142 valence electrons. The first-order valence-corrected chi connectivity index (χ1v) is 8.45. The van der Waals surface area contributed by atoms with Crippen molar-refractivity contribution in [1.82, 2.24) is 5.32 Å². The first kappa shape index (κ1) is 20.1. The molecule has 1 atom stereocenters. The van der Waals surface area contributed by atoms with Crippen LogP contribution in [0.15, 0.2) is 48.5 Å². The molecule has 0 bridgehead atoms. The molecule has 0 aliphatic rings. The lowest BCUT2D eigenvalue weighted by atomic mass is 9.86. The summed E-state index contributed by atoms with van der Waals surface area (Å²) in [5.74, 6) is -1.65. The zero-order valence-corrected chi connectivity index (χ0v) is 15.4. The fourth-order valence-electron chi connectivity index (χ4n) is 2.55. The number of nitrogens with one attached hydrogen (secondary N) is 1. The molecule has 0 spiro atoms. The molecule has 0 saturated carbocycles. The Morgan fingerprint density at radius 3 is 2.07 bits per heavy atom. The van der Waals surface area contributed by atoms with Crippen LogP contribution in [0.4, 0.5) is 5.69 Å². The highest BCUT2D eigenvalue weighted by Crippen LogP contribution is 2.22. The standard InChI is InChI=1S/C20H22N2O5/c1-20(2,3)15-8-6-14(7-9-15)18(23)21-17(19(24)25)12-13-4-10-16(11-5-13)22(26)27/h4-11,17H,12H2,1-3H3,(H,21,23)(H,24,25)/t17-/m0/s1. The number of carbonyl (C=O) groups is 2. The summed E-state index contributed by atoms with van der Waals surface area (Å²) < 4.78 is 0. The van der Waals surface area contributed by atoms with E-state index in [0.717, 1.165) is 5.56 Å². The molecule has 2 rings (SSSR count). The number of carboxylic acids is 1. The first-order chi connectivity index (χ1) is 12.6. The van der Waals surface area contributed by atoms with E-state index >= 15 is 0 Å². The summed E-state index contributed by atoms with van der Waals surface area (Å²) in [5.41, 5.74) is 1.90. The molecule has 0 radical (unpaired) electrons. The van der Waals surface area contributed by atoms with E-state index in [-0.39, 0.29) is 17.5 Å².